The third-order valence-corrected chi connectivity index (χ3v) is 9.34. The Bertz CT molecular complexity index is 666. The summed E-state index contributed by atoms with van der Waals surface area (Å²) in [6.07, 6.45) is 3.98. The fourth-order valence-electron chi connectivity index (χ4n) is 2.00. The van der Waals surface area contributed by atoms with Gasteiger partial charge in [-0.15, -0.1) is 0 Å². The average Bonchev–Trinajstić information content (AvgIpc) is 2.89. The number of sulfonamides is 1. The van der Waals surface area contributed by atoms with Crippen molar-refractivity contribution in [2.45, 2.75) is 51.4 Å². The topological polar surface area (TPSA) is 127 Å². The molecule has 1 rings (SSSR count). The molecule has 2 N–H and O–H groups in total. The summed E-state index contributed by atoms with van der Waals surface area (Å²) >= 11 is 0. The zero-order valence-corrected chi connectivity index (χ0v) is 16.3. The molecule has 0 aliphatic rings. The monoisotopic (exact) mass is 378 g/mol. The van der Waals surface area contributed by atoms with Gasteiger partial charge in [-0.3, -0.25) is 0 Å². The maximum absolute atomic E-state index is 12.0. The molecule has 11 heteroatoms. The molecule has 138 valence electrons. The van der Waals surface area contributed by atoms with Gasteiger partial charge in [0.15, 0.2) is 8.32 Å². The summed E-state index contributed by atoms with van der Waals surface area (Å²) in [5.74, 6) is -0.629. The first-order valence-electron chi connectivity index (χ1n) is 7.71. The minimum atomic E-state index is -3.53. The van der Waals surface area contributed by atoms with Crippen molar-refractivity contribution in [3.63, 3.8) is 0 Å². The van der Waals surface area contributed by atoms with E-state index in [4.69, 9.17) is 0 Å². The van der Waals surface area contributed by atoms with Crippen LogP contribution >= 0.6 is 0 Å². The number of aromatic nitrogens is 2. The summed E-state index contributed by atoms with van der Waals surface area (Å²) in [6.45, 7) is 7.97. The molecule has 1 heterocycles. The Hall–Kier alpha value is -1.30. The molecule has 0 fully saturated rings. The van der Waals surface area contributed by atoms with Gasteiger partial charge in [0.05, 0.1) is 12.3 Å². The van der Waals surface area contributed by atoms with E-state index in [0.29, 0.717) is 6.42 Å². The summed E-state index contributed by atoms with van der Waals surface area (Å²) in [5.41, 5.74) is 0. The standard InChI is InChI=1S/C13H26N4O5SSi/c1-13(2,24(3,4)22)6-5-7-15-23(20,21)11-10-16-9-8-14-12(16)17(18)19/h8-9,15,22H,5-7,10-11H2,1-4H3. The Morgan fingerprint density at radius 3 is 2.62 bits per heavy atom. The van der Waals surface area contributed by atoms with Gasteiger partial charge >= 0.3 is 5.95 Å². The molecule has 0 amide bonds. The highest BCUT2D eigenvalue weighted by molar-refractivity contribution is 7.89. The summed E-state index contributed by atoms with van der Waals surface area (Å²) < 4.78 is 27.6. The Morgan fingerprint density at radius 2 is 2.08 bits per heavy atom. The van der Waals surface area contributed by atoms with Crippen LogP contribution in [0, 0.1) is 10.1 Å². The van der Waals surface area contributed by atoms with E-state index in [2.05, 4.69) is 9.71 Å². The minimum absolute atomic E-state index is 0.0340. The van der Waals surface area contributed by atoms with Gasteiger partial charge in [-0.05, 0) is 35.9 Å². The molecular weight excluding hydrogens is 352 g/mol. The first kappa shape index (κ1) is 20.7. The second-order valence-electron chi connectivity index (χ2n) is 6.94. The maximum atomic E-state index is 12.0. The van der Waals surface area contributed by atoms with Crippen molar-refractivity contribution in [3.05, 3.63) is 22.5 Å². The zero-order chi connectivity index (χ0) is 18.6. The van der Waals surface area contributed by atoms with Crippen LogP contribution in [0.4, 0.5) is 5.95 Å². The van der Waals surface area contributed by atoms with E-state index in [0.717, 1.165) is 6.42 Å². The van der Waals surface area contributed by atoms with E-state index in [1.54, 1.807) is 0 Å². The van der Waals surface area contributed by atoms with Gasteiger partial charge in [0.2, 0.25) is 10.0 Å². The molecule has 0 saturated carbocycles. The van der Waals surface area contributed by atoms with Crippen LogP contribution in [0.5, 0.6) is 0 Å². The quantitative estimate of drug-likeness (QED) is 0.275. The second kappa shape index (κ2) is 7.72. The maximum Gasteiger partial charge on any atom is 0.434 e. The fourth-order valence-corrected chi connectivity index (χ4v) is 3.83. The highest BCUT2D eigenvalue weighted by Crippen LogP contribution is 2.39. The molecule has 1 aromatic heterocycles. The number of nitrogens with zero attached hydrogens (tertiary/aromatic N) is 3. The second-order valence-corrected chi connectivity index (χ2v) is 13.3. The smallest absolute Gasteiger partial charge is 0.432 e. The number of imidazole rings is 1. The number of aryl methyl sites for hydroxylation is 1. The lowest BCUT2D eigenvalue weighted by Gasteiger charge is -2.35. The Balaban J connectivity index is 2.45. The number of nitrogens with one attached hydrogen (secondary N) is 1. The molecule has 9 nitrogen and oxygen atoms in total. The van der Waals surface area contributed by atoms with E-state index >= 15 is 0 Å². The zero-order valence-electron chi connectivity index (χ0n) is 14.5. The molecule has 1 aromatic rings. The van der Waals surface area contributed by atoms with Crippen LogP contribution in [0.15, 0.2) is 12.4 Å². The average molecular weight is 379 g/mol. The number of nitro groups is 1. The molecule has 0 aliphatic carbocycles. The third kappa shape index (κ3) is 5.96. The number of hydrogen-bond donors (Lipinski definition) is 2. The van der Waals surface area contributed by atoms with Gasteiger partial charge in [-0.25, -0.2) is 17.7 Å². The van der Waals surface area contributed by atoms with Gasteiger partial charge in [0.25, 0.3) is 0 Å². The highest BCUT2D eigenvalue weighted by Gasteiger charge is 2.37. The molecule has 0 radical (unpaired) electrons. The predicted octanol–water partition coefficient (Wildman–Crippen LogP) is 1.47. The molecule has 0 aromatic carbocycles. The SMILES string of the molecule is CC(C)(CCCNS(=O)(=O)CCn1ccnc1[N+](=O)[O-])[Si](C)(C)O. The first-order chi connectivity index (χ1) is 10.9. The van der Waals surface area contributed by atoms with Crippen LogP contribution < -0.4 is 4.72 Å². The van der Waals surface area contributed by atoms with E-state index in [1.807, 2.05) is 26.9 Å². The highest BCUT2D eigenvalue weighted by atomic mass is 32.2. The Morgan fingerprint density at radius 1 is 1.46 bits per heavy atom. The van der Waals surface area contributed by atoms with Crippen molar-refractivity contribution >= 4 is 24.3 Å². The molecular formula is C13H26N4O5SSi. The Kier molecular flexibility index (Phi) is 6.67. The molecule has 0 saturated heterocycles. The minimum Gasteiger partial charge on any atom is -0.432 e. The van der Waals surface area contributed by atoms with Crippen molar-refractivity contribution in [2.75, 3.05) is 12.3 Å². The summed E-state index contributed by atoms with van der Waals surface area (Å²) in [4.78, 5) is 23.9. The largest absolute Gasteiger partial charge is 0.434 e. The number of rotatable bonds is 10. The van der Waals surface area contributed by atoms with Crippen molar-refractivity contribution < 1.29 is 18.1 Å². The summed E-state index contributed by atoms with van der Waals surface area (Å²) in [5, 5.41) is 10.5. The first-order valence-corrected chi connectivity index (χ1v) is 12.3. The lowest BCUT2D eigenvalue weighted by Crippen LogP contribution is -2.39. The van der Waals surface area contributed by atoms with Crippen LogP contribution in [0.25, 0.3) is 0 Å². The number of hydrogen-bond acceptors (Lipinski definition) is 6. The van der Waals surface area contributed by atoms with Crippen molar-refractivity contribution in [2.24, 2.45) is 0 Å². The van der Waals surface area contributed by atoms with E-state index in [-0.39, 0.29) is 29.8 Å². The molecule has 0 atom stereocenters. The van der Waals surface area contributed by atoms with Gasteiger partial charge in [0, 0.05) is 6.54 Å². The van der Waals surface area contributed by atoms with Gasteiger partial charge in [0.1, 0.15) is 12.4 Å². The van der Waals surface area contributed by atoms with Crippen molar-refractivity contribution in [3.8, 4) is 0 Å². The van der Waals surface area contributed by atoms with Crippen LogP contribution in [-0.2, 0) is 16.6 Å². The van der Waals surface area contributed by atoms with E-state index in [9.17, 15) is 23.3 Å². The predicted molar refractivity (Wildman–Crippen MR) is 93.6 cm³/mol. The third-order valence-electron chi connectivity index (χ3n) is 4.41. The van der Waals surface area contributed by atoms with Crippen molar-refractivity contribution in [1.82, 2.24) is 14.3 Å². The molecule has 0 bridgehead atoms. The molecule has 0 aliphatic heterocycles. The van der Waals surface area contributed by atoms with Gasteiger partial charge in [-0.1, -0.05) is 18.8 Å². The summed E-state index contributed by atoms with van der Waals surface area (Å²) in [6, 6.07) is 0. The lowest BCUT2D eigenvalue weighted by atomic mass is 10.1. The molecule has 24 heavy (non-hydrogen) atoms. The fraction of sp³-hybridized carbons (Fsp3) is 0.769. The van der Waals surface area contributed by atoms with E-state index in [1.165, 1.54) is 17.0 Å². The van der Waals surface area contributed by atoms with Crippen molar-refractivity contribution in [1.29, 1.82) is 0 Å². The van der Waals surface area contributed by atoms with Crippen LogP contribution in [-0.4, -0.2) is 48.3 Å². The summed E-state index contributed by atoms with van der Waals surface area (Å²) in [7, 11) is -5.83. The normalized spacial score (nSPS) is 13.2. The Labute approximate surface area is 143 Å². The lowest BCUT2D eigenvalue weighted by molar-refractivity contribution is -0.396. The van der Waals surface area contributed by atoms with Gasteiger partial charge < -0.3 is 14.9 Å². The van der Waals surface area contributed by atoms with E-state index < -0.39 is 23.3 Å². The van der Waals surface area contributed by atoms with Crippen LogP contribution in [0.3, 0.4) is 0 Å². The van der Waals surface area contributed by atoms with Gasteiger partial charge in [-0.2, -0.15) is 0 Å². The molecule has 0 unspecified atom stereocenters. The molecule has 0 spiro atoms. The van der Waals surface area contributed by atoms with Crippen LogP contribution in [0.1, 0.15) is 26.7 Å². The van der Waals surface area contributed by atoms with Crippen LogP contribution in [0.2, 0.25) is 18.1 Å².